The fourth-order valence-corrected chi connectivity index (χ4v) is 9.11. The second-order valence-electron chi connectivity index (χ2n) is 17.0. The van der Waals surface area contributed by atoms with E-state index in [0.29, 0.717) is 54.6 Å². The molecule has 292 valence electrons. The molecule has 2 aromatic heterocycles. The normalized spacial score (nSPS) is 22.9. The van der Waals surface area contributed by atoms with Gasteiger partial charge in [0.25, 0.3) is 5.88 Å². The number of aromatic nitrogens is 2. The smallest absolute Gasteiger partial charge is 0.265 e. The second-order valence-corrected chi connectivity index (χ2v) is 21.7. The average Bonchev–Trinajstić information content (AvgIpc) is 3.47. The molecule has 13 heteroatoms. The van der Waals surface area contributed by atoms with Crippen LogP contribution in [-0.4, -0.2) is 106 Å². The van der Waals surface area contributed by atoms with Crippen molar-refractivity contribution in [3.05, 3.63) is 45.7 Å². The molecule has 0 saturated heterocycles. The number of fused-ring (bicyclic) bond motifs is 4. The Bertz CT molecular complexity index is 1770. The van der Waals surface area contributed by atoms with Crippen LogP contribution in [0.5, 0.6) is 11.6 Å². The molecule has 2 heterocycles. The van der Waals surface area contributed by atoms with E-state index in [0.717, 1.165) is 31.2 Å². The van der Waals surface area contributed by atoms with Gasteiger partial charge >= 0.3 is 0 Å². The van der Waals surface area contributed by atoms with E-state index in [1.165, 1.54) is 0 Å². The molecular weight excluding hydrogens is 691 g/mol. The molecule has 53 heavy (non-hydrogen) atoms. The van der Waals surface area contributed by atoms with Crippen LogP contribution in [-0.2, 0) is 10.8 Å². The maximum atomic E-state index is 15.4. The first-order valence-electron chi connectivity index (χ1n) is 19.1. The Morgan fingerprint density at radius 3 is 2.21 bits per heavy atom. The van der Waals surface area contributed by atoms with Gasteiger partial charge in [-0.25, -0.2) is 4.98 Å². The molecule has 0 radical (unpaired) electrons. The summed E-state index contributed by atoms with van der Waals surface area (Å²) < 4.78 is 25.8. The maximum Gasteiger partial charge on any atom is 0.265 e. The van der Waals surface area contributed by atoms with E-state index in [9.17, 15) is 5.11 Å². The SMILES string of the molecule is CCCCOc1noc2c1C(=O)[C@@]1(O[Si](C)(C)C(C)(C)C)C(O)=C3C(=O)c4c(c(N(C)C)nc(C=CN(C)C)c4OCCCC)C[C@H]3C[C@H]1[C@@H]2N(C)C. The van der Waals surface area contributed by atoms with Crippen molar-refractivity contribution in [2.24, 2.45) is 11.8 Å². The van der Waals surface area contributed by atoms with Gasteiger partial charge in [-0.05, 0) is 75.1 Å². The summed E-state index contributed by atoms with van der Waals surface area (Å²) in [4.78, 5) is 41.6. The van der Waals surface area contributed by atoms with Gasteiger partial charge in [-0.15, -0.1) is 0 Å². The van der Waals surface area contributed by atoms with Gasteiger partial charge in [-0.2, -0.15) is 0 Å². The lowest BCUT2D eigenvalue weighted by Gasteiger charge is -2.55. The Balaban J connectivity index is 1.83. The summed E-state index contributed by atoms with van der Waals surface area (Å²) >= 11 is 0. The number of hydrogen-bond donors (Lipinski definition) is 1. The van der Waals surface area contributed by atoms with Crippen LogP contribution in [0.4, 0.5) is 5.82 Å². The maximum absolute atomic E-state index is 15.4. The molecule has 4 atom stereocenters. The molecule has 3 aliphatic rings. The Labute approximate surface area is 316 Å². The zero-order valence-corrected chi connectivity index (χ0v) is 35.2. The third-order valence-corrected chi connectivity index (χ3v) is 15.8. The van der Waals surface area contributed by atoms with Crippen LogP contribution in [0.2, 0.25) is 18.1 Å². The van der Waals surface area contributed by atoms with E-state index in [2.05, 4.69) is 52.9 Å². The van der Waals surface area contributed by atoms with Gasteiger partial charge in [-0.1, -0.05) is 47.5 Å². The molecule has 0 bridgehead atoms. The first-order chi connectivity index (χ1) is 24.8. The van der Waals surface area contributed by atoms with Crippen molar-refractivity contribution in [2.75, 3.05) is 60.4 Å². The molecule has 0 unspecified atom stereocenters. The monoisotopic (exact) mass is 751 g/mol. The summed E-state index contributed by atoms with van der Waals surface area (Å²) in [6, 6.07) is -0.512. The van der Waals surface area contributed by atoms with Gasteiger partial charge in [0.2, 0.25) is 5.78 Å². The quantitative estimate of drug-likeness (QED) is 0.152. The van der Waals surface area contributed by atoms with Crippen molar-refractivity contribution in [1.82, 2.24) is 19.9 Å². The molecule has 3 aliphatic carbocycles. The summed E-state index contributed by atoms with van der Waals surface area (Å²) in [6.45, 7) is 15.3. The van der Waals surface area contributed by atoms with Crippen molar-refractivity contribution < 1.29 is 33.1 Å². The molecule has 0 spiro atoms. The van der Waals surface area contributed by atoms with E-state index in [1.807, 2.05) is 69.3 Å². The highest BCUT2D eigenvalue weighted by atomic mass is 28.4. The Kier molecular flexibility index (Phi) is 11.6. The molecule has 0 amide bonds. The zero-order valence-electron chi connectivity index (χ0n) is 34.2. The highest BCUT2D eigenvalue weighted by molar-refractivity contribution is 6.74. The molecule has 0 fully saturated rings. The highest BCUT2D eigenvalue weighted by Crippen LogP contribution is 2.60. The minimum atomic E-state index is -2.84. The van der Waals surface area contributed by atoms with Crippen LogP contribution in [0.1, 0.15) is 110 Å². The van der Waals surface area contributed by atoms with E-state index in [-0.39, 0.29) is 33.6 Å². The number of aliphatic hydroxyl groups is 1. The lowest BCUT2D eigenvalue weighted by Crippen LogP contribution is -2.65. The molecule has 0 aliphatic heterocycles. The van der Waals surface area contributed by atoms with Gasteiger partial charge in [0.1, 0.15) is 22.8 Å². The number of pyridine rings is 1. The van der Waals surface area contributed by atoms with Crippen LogP contribution < -0.4 is 14.4 Å². The van der Waals surface area contributed by atoms with Gasteiger partial charge < -0.3 is 33.3 Å². The molecule has 12 nitrogen and oxygen atoms in total. The van der Waals surface area contributed by atoms with E-state index < -0.39 is 37.6 Å². The summed E-state index contributed by atoms with van der Waals surface area (Å²) in [7, 11) is 8.69. The van der Waals surface area contributed by atoms with Crippen molar-refractivity contribution in [3.63, 3.8) is 0 Å². The van der Waals surface area contributed by atoms with Crippen LogP contribution in [0, 0.1) is 11.8 Å². The van der Waals surface area contributed by atoms with E-state index in [1.54, 1.807) is 0 Å². The fraction of sp³-hybridized carbons (Fsp3) is 0.650. The molecule has 2 aromatic rings. The molecule has 1 N–H and O–H groups in total. The molecule has 0 aromatic carbocycles. The number of allylic oxidation sites excluding steroid dienone is 1. The topological polar surface area (TPSA) is 131 Å². The summed E-state index contributed by atoms with van der Waals surface area (Å²) in [5.41, 5.74) is 0.150. The number of ether oxygens (including phenoxy) is 2. The van der Waals surface area contributed by atoms with Gasteiger partial charge in [0.15, 0.2) is 31.2 Å². The van der Waals surface area contributed by atoms with Gasteiger partial charge in [-0.3, -0.25) is 14.5 Å². The average molecular weight is 752 g/mol. The van der Waals surface area contributed by atoms with Crippen molar-refractivity contribution in [3.8, 4) is 11.6 Å². The van der Waals surface area contributed by atoms with E-state index >= 15 is 9.59 Å². The summed E-state index contributed by atoms with van der Waals surface area (Å²) in [5, 5.41) is 16.9. The lowest BCUT2D eigenvalue weighted by atomic mass is 9.58. The number of carbonyl (C=O) groups is 2. The van der Waals surface area contributed by atoms with Crippen molar-refractivity contribution >= 4 is 31.8 Å². The summed E-state index contributed by atoms with van der Waals surface area (Å²) in [6.07, 6.45) is 7.88. The number of nitrogens with zero attached hydrogens (tertiary/aromatic N) is 5. The third kappa shape index (κ3) is 7.04. The predicted molar refractivity (Wildman–Crippen MR) is 210 cm³/mol. The Morgan fingerprint density at radius 1 is 1.00 bits per heavy atom. The number of unbranched alkanes of at least 4 members (excludes halogenated alkanes) is 2. The third-order valence-electron chi connectivity index (χ3n) is 11.4. The van der Waals surface area contributed by atoms with Crippen LogP contribution in [0.15, 0.2) is 22.1 Å². The minimum absolute atomic E-state index is 0.0906. The summed E-state index contributed by atoms with van der Waals surface area (Å²) in [5.74, 6) is -0.672. The van der Waals surface area contributed by atoms with Crippen molar-refractivity contribution in [2.45, 2.75) is 103 Å². The first kappa shape index (κ1) is 40.5. The molecule has 0 saturated carbocycles. The molecule has 5 rings (SSSR count). The molecular formula is C40H61N5O7Si. The van der Waals surface area contributed by atoms with Crippen LogP contribution in [0.3, 0.4) is 0 Å². The number of anilines is 1. The van der Waals surface area contributed by atoms with E-state index in [4.69, 9.17) is 23.4 Å². The number of hydrogen-bond acceptors (Lipinski definition) is 12. The van der Waals surface area contributed by atoms with Gasteiger partial charge in [0.05, 0.1) is 24.8 Å². The lowest BCUT2D eigenvalue weighted by molar-refractivity contribution is -0.0480. The van der Waals surface area contributed by atoms with Crippen LogP contribution in [0.25, 0.3) is 6.08 Å². The van der Waals surface area contributed by atoms with Gasteiger partial charge in [0, 0.05) is 51.4 Å². The number of rotatable bonds is 14. The van der Waals surface area contributed by atoms with Crippen molar-refractivity contribution in [1.29, 1.82) is 0 Å². The number of aliphatic hydroxyl groups excluding tert-OH is 1. The Hall–Kier alpha value is -3.68. The fourth-order valence-electron chi connectivity index (χ4n) is 7.65. The number of carbonyl (C=O) groups excluding carboxylic acids is 2. The minimum Gasteiger partial charge on any atom is -0.508 e. The first-order valence-corrected chi connectivity index (χ1v) is 22.0. The number of Topliss-reactive ketones (excluding diaryl/α,β-unsaturated/α-hetero) is 2. The Morgan fingerprint density at radius 2 is 1.64 bits per heavy atom. The highest BCUT2D eigenvalue weighted by Gasteiger charge is 2.67. The zero-order chi connectivity index (χ0) is 39.2. The second kappa shape index (κ2) is 15.2. The predicted octanol–water partition coefficient (Wildman–Crippen LogP) is 7.47. The largest absolute Gasteiger partial charge is 0.508 e. The number of ketones is 2. The standard InChI is InChI=1S/C40H61N5O7Si/c1-14-16-20-49-33-27(18-19-43(6)7)41-37(45(10)11)25-22-24-23-26-31(44(8)9)34-30(38(42-51-34)50-21-17-15-2)36(48)40(26,52-53(12,13)39(3,4)5)35(47)28(24)32(46)29(25)33/h18-19,24,26,31,47H,14-17,20-23H2,1-13H3/t24-,26-,31-,40-/m0/s1. The van der Waals surface area contributed by atoms with Crippen LogP contribution >= 0.6 is 0 Å².